The third kappa shape index (κ3) is 4.20. The van der Waals surface area contributed by atoms with Crippen LogP contribution in [-0.2, 0) is 6.54 Å². The van der Waals surface area contributed by atoms with Crippen LogP contribution in [0.2, 0.25) is 0 Å². The van der Waals surface area contributed by atoms with E-state index in [2.05, 4.69) is 24.1 Å². The minimum absolute atomic E-state index is 0.894. The molecule has 0 atom stereocenters. The quantitative estimate of drug-likeness (QED) is 0.697. The molecule has 1 aromatic rings. The standard InChI is InChI=1S/C11H21N3S/c1-3-14(4-2)7-6-13-9-11-10(12)5-8-15-11/h5,8,13H,3-4,6-7,9,12H2,1-2H3. The van der Waals surface area contributed by atoms with Gasteiger partial charge >= 0.3 is 0 Å². The van der Waals surface area contributed by atoms with Crippen molar-refractivity contribution in [2.45, 2.75) is 20.4 Å². The van der Waals surface area contributed by atoms with Crippen molar-refractivity contribution in [3.63, 3.8) is 0 Å². The SMILES string of the molecule is CCN(CC)CCNCc1sccc1N. The van der Waals surface area contributed by atoms with Crippen LogP contribution in [0.3, 0.4) is 0 Å². The first-order valence-electron chi connectivity index (χ1n) is 5.52. The fourth-order valence-electron chi connectivity index (χ4n) is 1.47. The van der Waals surface area contributed by atoms with Gasteiger partial charge in [0, 0.05) is 30.2 Å². The molecule has 0 saturated carbocycles. The molecule has 0 fully saturated rings. The Hall–Kier alpha value is -0.580. The maximum absolute atomic E-state index is 5.79. The van der Waals surface area contributed by atoms with Gasteiger partial charge < -0.3 is 16.0 Å². The van der Waals surface area contributed by atoms with E-state index in [0.717, 1.165) is 38.4 Å². The number of likely N-dealkylation sites (N-methyl/N-ethyl adjacent to an activating group) is 1. The van der Waals surface area contributed by atoms with Crippen LogP contribution in [0.15, 0.2) is 11.4 Å². The largest absolute Gasteiger partial charge is 0.398 e. The summed E-state index contributed by atoms with van der Waals surface area (Å²) < 4.78 is 0. The highest BCUT2D eigenvalue weighted by atomic mass is 32.1. The number of nitrogens with one attached hydrogen (secondary N) is 1. The van der Waals surface area contributed by atoms with Gasteiger partial charge in [-0.05, 0) is 24.5 Å². The summed E-state index contributed by atoms with van der Waals surface area (Å²) >= 11 is 1.72. The molecular formula is C11H21N3S. The Kier molecular flexibility index (Phi) is 5.68. The minimum Gasteiger partial charge on any atom is -0.398 e. The lowest BCUT2D eigenvalue weighted by Gasteiger charge is -2.17. The van der Waals surface area contributed by atoms with E-state index >= 15 is 0 Å². The van der Waals surface area contributed by atoms with E-state index in [9.17, 15) is 0 Å². The normalized spacial score (nSPS) is 11.1. The third-order valence-electron chi connectivity index (χ3n) is 2.56. The van der Waals surface area contributed by atoms with Gasteiger partial charge in [0.15, 0.2) is 0 Å². The topological polar surface area (TPSA) is 41.3 Å². The zero-order valence-electron chi connectivity index (χ0n) is 9.62. The van der Waals surface area contributed by atoms with Crippen molar-refractivity contribution >= 4 is 17.0 Å². The number of hydrogen-bond acceptors (Lipinski definition) is 4. The number of thiophene rings is 1. The molecule has 0 aliphatic carbocycles. The highest BCUT2D eigenvalue weighted by molar-refractivity contribution is 7.10. The molecule has 0 saturated heterocycles. The van der Waals surface area contributed by atoms with Crippen LogP contribution >= 0.6 is 11.3 Å². The van der Waals surface area contributed by atoms with Gasteiger partial charge in [0.2, 0.25) is 0 Å². The first-order chi connectivity index (χ1) is 7.27. The Morgan fingerprint density at radius 2 is 2.13 bits per heavy atom. The van der Waals surface area contributed by atoms with Crippen molar-refractivity contribution < 1.29 is 0 Å². The molecule has 0 spiro atoms. The predicted octanol–water partition coefficient (Wildman–Crippen LogP) is 1.76. The Bertz CT molecular complexity index is 269. The first-order valence-corrected chi connectivity index (χ1v) is 6.40. The number of nitrogen functional groups attached to an aromatic ring is 1. The molecule has 4 heteroatoms. The maximum atomic E-state index is 5.79. The Morgan fingerprint density at radius 1 is 1.40 bits per heavy atom. The molecule has 3 N–H and O–H groups in total. The molecule has 1 heterocycles. The van der Waals surface area contributed by atoms with Gasteiger partial charge in [-0.1, -0.05) is 13.8 Å². The summed E-state index contributed by atoms with van der Waals surface area (Å²) in [4.78, 5) is 3.65. The zero-order valence-corrected chi connectivity index (χ0v) is 10.4. The lowest BCUT2D eigenvalue weighted by atomic mass is 10.4. The summed E-state index contributed by atoms with van der Waals surface area (Å²) in [6.45, 7) is 9.67. The summed E-state index contributed by atoms with van der Waals surface area (Å²) in [5.41, 5.74) is 6.71. The summed E-state index contributed by atoms with van der Waals surface area (Å²) in [5.74, 6) is 0. The van der Waals surface area contributed by atoms with Crippen molar-refractivity contribution in [2.75, 3.05) is 31.9 Å². The monoisotopic (exact) mass is 227 g/mol. The van der Waals surface area contributed by atoms with Gasteiger partial charge in [-0.3, -0.25) is 0 Å². The van der Waals surface area contributed by atoms with Gasteiger partial charge in [-0.2, -0.15) is 0 Å². The second-order valence-corrected chi connectivity index (χ2v) is 4.50. The van der Waals surface area contributed by atoms with Crippen molar-refractivity contribution in [1.82, 2.24) is 10.2 Å². The van der Waals surface area contributed by atoms with Gasteiger partial charge in [-0.25, -0.2) is 0 Å². The van der Waals surface area contributed by atoms with E-state index in [0.29, 0.717) is 0 Å². The average molecular weight is 227 g/mol. The van der Waals surface area contributed by atoms with E-state index in [1.807, 2.05) is 11.4 Å². The van der Waals surface area contributed by atoms with Crippen LogP contribution in [0.4, 0.5) is 5.69 Å². The predicted molar refractivity (Wildman–Crippen MR) is 68.2 cm³/mol. The fraction of sp³-hybridized carbons (Fsp3) is 0.636. The van der Waals surface area contributed by atoms with Crippen molar-refractivity contribution in [1.29, 1.82) is 0 Å². The van der Waals surface area contributed by atoms with Gasteiger partial charge in [-0.15, -0.1) is 11.3 Å². The summed E-state index contributed by atoms with van der Waals surface area (Å²) in [6, 6.07) is 1.96. The molecule has 3 nitrogen and oxygen atoms in total. The summed E-state index contributed by atoms with van der Waals surface area (Å²) in [5, 5.41) is 5.45. The molecule has 0 radical (unpaired) electrons. The van der Waals surface area contributed by atoms with Crippen molar-refractivity contribution in [3.05, 3.63) is 16.3 Å². The highest BCUT2D eigenvalue weighted by Crippen LogP contribution is 2.17. The number of rotatable bonds is 7. The maximum Gasteiger partial charge on any atom is 0.0468 e. The molecule has 0 aliphatic rings. The summed E-state index contributed by atoms with van der Waals surface area (Å²) in [6.07, 6.45) is 0. The van der Waals surface area contributed by atoms with Crippen LogP contribution in [0.25, 0.3) is 0 Å². The van der Waals surface area contributed by atoms with E-state index in [4.69, 9.17) is 5.73 Å². The number of hydrogen-bond donors (Lipinski definition) is 2. The van der Waals surface area contributed by atoms with E-state index < -0.39 is 0 Å². The molecule has 0 amide bonds. The molecule has 1 aromatic heterocycles. The van der Waals surface area contributed by atoms with E-state index in [-0.39, 0.29) is 0 Å². The van der Waals surface area contributed by atoms with Crippen molar-refractivity contribution in [2.24, 2.45) is 0 Å². The zero-order chi connectivity index (χ0) is 11.1. The second kappa shape index (κ2) is 6.82. The summed E-state index contributed by atoms with van der Waals surface area (Å²) in [7, 11) is 0. The molecule has 86 valence electrons. The number of nitrogens with two attached hydrogens (primary N) is 1. The molecule has 0 aliphatic heterocycles. The first kappa shape index (κ1) is 12.5. The van der Waals surface area contributed by atoms with E-state index in [1.54, 1.807) is 11.3 Å². The van der Waals surface area contributed by atoms with Crippen LogP contribution in [0, 0.1) is 0 Å². The lowest BCUT2D eigenvalue weighted by Crippen LogP contribution is -2.31. The molecule has 1 rings (SSSR count). The molecule has 0 aromatic carbocycles. The molecule has 0 bridgehead atoms. The average Bonchev–Trinajstić information content (AvgIpc) is 2.65. The Labute approximate surface area is 96.3 Å². The number of anilines is 1. The van der Waals surface area contributed by atoms with Gasteiger partial charge in [0.05, 0.1) is 0 Å². The fourth-order valence-corrected chi connectivity index (χ4v) is 2.24. The van der Waals surface area contributed by atoms with Gasteiger partial charge in [0.1, 0.15) is 0 Å². The molecule has 15 heavy (non-hydrogen) atoms. The van der Waals surface area contributed by atoms with Crippen LogP contribution in [0.1, 0.15) is 18.7 Å². The second-order valence-electron chi connectivity index (χ2n) is 3.50. The lowest BCUT2D eigenvalue weighted by molar-refractivity contribution is 0.302. The van der Waals surface area contributed by atoms with Crippen LogP contribution < -0.4 is 11.1 Å². The smallest absolute Gasteiger partial charge is 0.0468 e. The number of nitrogens with zero attached hydrogens (tertiary/aromatic N) is 1. The Morgan fingerprint density at radius 3 is 2.67 bits per heavy atom. The minimum atomic E-state index is 0.894. The van der Waals surface area contributed by atoms with E-state index in [1.165, 1.54) is 4.88 Å². The molecular weight excluding hydrogens is 206 g/mol. The molecule has 0 unspecified atom stereocenters. The van der Waals surface area contributed by atoms with Gasteiger partial charge in [0.25, 0.3) is 0 Å². The third-order valence-corrected chi connectivity index (χ3v) is 3.50. The van der Waals surface area contributed by atoms with Crippen LogP contribution in [-0.4, -0.2) is 31.1 Å². The van der Waals surface area contributed by atoms with Crippen molar-refractivity contribution in [3.8, 4) is 0 Å². The highest BCUT2D eigenvalue weighted by Gasteiger charge is 2.01. The van der Waals surface area contributed by atoms with Crippen LogP contribution in [0.5, 0.6) is 0 Å². The Balaban J connectivity index is 2.14.